The normalized spacial score (nSPS) is 20.1. The SMILES string of the molecule is NC1CCC(N(C(=O)NCc2ccccc2)c2ccc(Br)cc2)CC1. The van der Waals surface area contributed by atoms with Crippen molar-refractivity contribution in [2.24, 2.45) is 5.73 Å². The number of amides is 2. The predicted molar refractivity (Wildman–Crippen MR) is 106 cm³/mol. The standard InChI is InChI=1S/C20H24BrN3O/c21-16-6-10-18(11-7-16)24(19-12-8-17(22)9-13-19)20(25)23-14-15-4-2-1-3-5-15/h1-7,10-11,17,19H,8-9,12-14,22H2,(H,23,25). The second-order valence-corrected chi connectivity index (χ2v) is 7.48. The first-order valence-corrected chi connectivity index (χ1v) is 9.55. The maximum absolute atomic E-state index is 13.0. The number of urea groups is 1. The van der Waals surface area contributed by atoms with Crippen LogP contribution in [0.2, 0.25) is 0 Å². The number of nitrogens with one attached hydrogen (secondary N) is 1. The molecule has 2 amide bonds. The molecule has 0 atom stereocenters. The van der Waals surface area contributed by atoms with Gasteiger partial charge in [-0.05, 0) is 55.5 Å². The van der Waals surface area contributed by atoms with Crippen molar-refractivity contribution in [3.05, 3.63) is 64.6 Å². The molecule has 0 saturated heterocycles. The largest absolute Gasteiger partial charge is 0.334 e. The van der Waals surface area contributed by atoms with E-state index in [0.717, 1.165) is 41.4 Å². The third kappa shape index (κ3) is 4.83. The third-order valence-corrected chi connectivity index (χ3v) is 5.25. The van der Waals surface area contributed by atoms with E-state index in [9.17, 15) is 4.79 Å². The molecule has 5 heteroatoms. The number of halogens is 1. The van der Waals surface area contributed by atoms with Crippen molar-refractivity contribution in [3.8, 4) is 0 Å². The highest BCUT2D eigenvalue weighted by molar-refractivity contribution is 9.10. The Kier molecular flexibility index (Phi) is 6.10. The molecule has 1 aliphatic rings. The highest BCUT2D eigenvalue weighted by Crippen LogP contribution is 2.28. The number of rotatable bonds is 4. The van der Waals surface area contributed by atoms with Crippen LogP contribution in [0.4, 0.5) is 10.5 Å². The van der Waals surface area contributed by atoms with Gasteiger partial charge in [0.25, 0.3) is 0 Å². The summed E-state index contributed by atoms with van der Waals surface area (Å²) in [6.45, 7) is 0.527. The zero-order valence-electron chi connectivity index (χ0n) is 14.2. The van der Waals surface area contributed by atoms with Crippen LogP contribution < -0.4 is 16.0 Å². The Balaban J connectivity index is 1.75. The second-order valence-electron chi connectivity index (χ2n) is 6.56. The van der Waals surface area contributed by atoms with Gasteiger partial charge >= 0.3 is 6.03 Å². The van der Waals surface area contributed by atoms with Crippen LogP contribution in [0.15, 0.2) is 59.1 Å². The molecule has 0 radical (unpaired) electrons. The number of hydrogen-bond acceptors (Lipinski definition) is 2. The molecular formula is C20H24BrN3O. The van der Waals surface area contributed by atoms with E-state index in [4.69, 9.17) is 5.73 Å². The molecule has 2 aromatic carbocycles. The first-order chi connectivity index (χ1) is 12.1. The van der Waals surface area contributed by atoms with Crippen LogP contribution in [0.25, 0.3) is 0 Å². The van der Waals surface area contributed by atoms with Crippen LogP contribution >= 0.6 is 15.9 Å². The lowest BCUT2D eigenvalue weighted by atomic mass is 9.90. The van der Waals surface area contributed by atoms with Crippen molar-refractivity contribution < 1.29 is 4.79 Å². The maximum Gasteiger partial charge on any atom is 0.322 e. The first-order valence-electron chi connectivity index (χ1n) is 8.75. The van der Waals surface area contributed by atoms with Crippen molar-refractivity contribution >= 4 is 27.6 Å². The summed E-state index contributed by atoms with van der Waals surface area (Å²) >= 11 is 3.46. The van der Waals surface area contributed by atoms with Crippen molar-refractivity contribution in [1.82, 2.24) is 5.32 Å². The highest BCUT2D eigenvalue weighted by Gasteiger charge is 2.28. The molecule has 1 fully saturated rings. The summed E-state index contributed by atoms with van der Waals surface area (Å²) in [7, 11) is 0. The van der Waals surface area contributed by atoms with E-state index in [2.05, 4.69) is 21.2 Å². The molecule has 0 unspecified atom stereocenters. The monoisotopic (exact) mass is 401 g/mol. The molecule has 0 bridgehead atoms. The van der Waals surface area contributed by atoms with Crippen molar-refractivity contribution in [2.45, 2.75) is 44.3 Å². The van der Waals surface area contributed by atoms with Gasteiger partial charge in [0.15, 0.2) is 0 Å². The molecule has 1 saturated carbocycles. The van der Waals surface area contributed by atoms with Crippen LogP contribution in [0.1, 0.15) is 31.2 Å². The zero-order chi connectivity index (χ0) is 17.6. The minimum Gasteiger partial charge on any atom is -0.334 e. The summed E-state index contributed by atoms with van der Waals surface area (Å²) in [6, 6.07) is 18.3. The molecule has 132 valence electrons. The summed E-state index contributed by atoms with van der Waals surface area (Å²) < 4.78 is 1.01. The van der Waals surface area contributed by atoms with E-state index >= 15 is 0 Å². The van der Waals surface area contributed by atoms with Crippen LogP contribution in [-0.4, -0.2) is 18.1 Å². The Morgan fingerprint density at radius 1 is 1.04 bits per heavy atom. The smallest absolute Gasteiger partial charge is 0.322 e. The third-order valence-electron chi connectivity index (χ3n) is 4.72. The molecule has 0 aliphatic heterocycles. The lowest BCUT2D eigenvalue weighted by molar-refractivity contribution is 0.240. The molecule has 0 spiro atoms. The molecule has 25 heavy (non-hydrogen) atoms. The lowest BCUT2D eigenvalue weighted by Gasteiger charge is -2.36. The molecule has 2 aromatic rings. The van der Waals surface area contributed by atoms with Crippen molar-refractivity contribution in [2.75, 3.05) is 4.90 Å². The molecule has 3 N–H and O–H groups in total. The Morgan fingerprint density at radius 3 is 2.32 bits per heavy atom. The zero-order valence-corrected chi connectivity index (χ0v) is 15.8. The van der Waals surface area contributed by atoms with E-state index in [-0.39, 0.29) is 18.1 Å². The van der Waals surface area contributed by atoms with Gasteiger partial charge in [-0.2, -0.15) is 0 Å². The Hall–Kier alpha value is -1.85. The number of anilines is 1. The van der Waals surface area contributed by atoms with Crippen molar-refractivity contribution in [3.63, 3.8) is 0 Å². The Bertz CT molecular complexity index is 682. The van der Waals surface area contributed by atoms with Gasteiger partial charge in [0.1, 0.15) is 0 Å². The van der Waals surface area contributed by atoms with E-state index < -0.39 is 0 Å². The number of carbonyl (C=O) groups is 1. The van der Waals surface area contributed by atoms with E-state index in [1.54, 1.807) is 0 Å². The quantitative estimate of drug-likeness (QED) is 0.795. The van der Waals surface area contributed by atoms with E-state index in [1.807, 2.05) is 59.5 Å². The summed E-state index contributed by atoms with van der Waals surface area (Å²) in [4.78, 5) is 14.9. The van der Waals surface area contributed by atoms with Crippen LogP contribution in [0, 0.1) is 0 Å². The summed E-state index contributed by atoms with van der Waals surface area (Å²) in [6.07, 6.45) is 3.80. The Labute approximate surface area is 157 Å². The van der Waals surface area contributed by atoms with Crippen LogP contribution in [0.5, 0.6) is 0 Å². The molecule has 0 heterocycles. The minimum atomic E-state index is -0.0494. The number of hydrogen-bond donors (Lipinski definition) is 2. The number of benzene rings is 2. The predicted octanol–water partition coefficient (Wildman–Crippen LogP) is 4.44. The van der Waals surface area contributed by atoms with Crippen molar-refractivity contribution in [1.29, 1.82) is 0 Å². The van der Waals surface area contributed by atoms with Gasteiger partial charge in [-0.1, -0.05) is 46.3 Å². The molecule has 3 rings (SSSR count). The number of carbonyl (C=O) groups excluding carboxylic acids is 1. The van der Waals surface area contributed by atoms with Crippen LogP contribution in [0.3, 0.4) is 0 Å². The first kappa shape index (κ1) is 18.0. The van der Waals surface area contributed by atoms with Crippen LogP contribution in [-0.2, 0) is 6.54 Å². The average Bonchev–Trinajstić information content (AvgIpc) is 2.64. The van der Waals surface area contributed by atoms with Gasteiger partial charge in [0, 0.05) is 28.8 Å². The number of nitrogens with two attached hydrogens (primary N) is 1. The van der Waals surface area contributed by atoms with E-state index in [1.165, 1.54) is 0 Å². The lowest BCUT2D eigenvalue weighted by Crippen LogP contribution is -2.48. The van der Waals surface area contributed by atoms with Gasteiger partial charge in [0.05, 0.1) is 0 Å². The maximum atomic E-state index is 13.0. The van der Waals surface area contributed by atoms with Gasteiger partial charge in [-0.3, -0.25) is 4.90 Å². The fourth-order valence-electron chi connectivity index (χ4n) is 3.31. The second kappa shape index (κ2) is 8.50. The minimum absolute atomic E-state index is 0.0494. The molecule has 0 aromatic heterocycles. The highest BCUT2D eigenvalue weighted by atomic mass is 79.9. The summed E-state index contributed by atoms with van der Waals surface area (Å²) in [5, 5.41) is 3.06. The molecule has 1 aliphatic carbocycles. The fraction of sp³-hybridized carbons (Fsp3) is 0.350. The molecular weight excluding hydrogens is 378 g/mol. The summed E-state index contributed by atoms with van der Waals surface area (Å²) in [5.74, 6) is 0. The average molecular weight is 402 g/mol. The van der Waals surface area contributed by atoms with E-state index in [0.29, 0.717) is 6.54 Å². The van der Waals surface area contributed by atoms with Gasteiger partial charge in [-0.15, -0.1) is 0 Å². The fourth-order valence-corrected chi connectivity index (χ4v) is 3.58. The number of nitrogens with zero attached hydrogens (tertiary/aromatic N) is 1. The van der Waals surface area contributed by atoms with Gasteiger partial charge in [-0.25, -0.2) is 4.79 Å². The molecule has 4 nitrogen and oxygen atoms in total. The Morgan fingerprint density at radius 2 is 1.68 bits per heavy atom. The topological polar surface area (TPSA) is 58.4 Å². The van der Waals surface area contributed by atoms with Gasteiger partial charge in [0.2, 0.25) is 0 Å². The summed E-state index contributed by atoms with van der Waals surface area (Å²) in [5.41, 5.74) is 8.06. The van der Waals surface area contributed by atoms with Gasteiger partial charge < -0.3 is 11.1 Å².